The highest BCUT2D eigenvalue weighted by molar-refractivity contribution is 7.20. The van der Waals surface area contributed by atoms with E-state index in [1.54, 1.807) is 12.1 Å². The van der Waals surface area contributed by atoms with Gasteiger partial charge in [0, 0.05) is 25.7 Å². The number of hydrogen-bond acceptors (Lipinski definition) is 6. The van der Waals surface area contributed by atoms with E-state index in [2.05, 4.69) is 27.2 Å². The topological polar surface area (TPSA) is 79.6 Å². The first-order chi connectivity index (χ1) is 13.5. The molecule has 1 atom stereocenters. The average molecular weight is 401 g/mol. The lowest BCUT2D eigenvalue weighted by atomic mass is 10.0. The van der Waals surface area contributed by atoms with Crippen molar-refractivity contribution in [1.82, 2.24) is 19.9 Å². The average Bonchev–Trinajstić information content (AvgIpc) is 3.09. The molecular weight excluding hydrogens is 381 g/mol. The fraction of sp³-hybridized carbons (Fsp3) is 0.368. The molecule has 1 fully saturated rings. The van der Waals surface area contributed by atoms with E-state index in [-0.39, 0.29) is 18.1 Å². The van der Waals surface area contributed by atoms with Crippen molar-refractivity contribution in [3.8, 4) is 0 Å². The molecular formula is C19H20FN5O2S. The molecule has 146 valence electrons. The van der Waals surface area contributed by atoms with E-state index in [1.165, 1.54) is 40.5 Å². The van der Waals surface area contributed by atoms with Crippen LogP contribution in [0.3, 0.4) is 0 Å². The second-order valence-electron chi connectivity index (χ2n) is 7.06. The molecule has 0 radical (unpaired) electrons. The Morgan fingerprint density at radius 2 is 2.25 bits per heavy atom. The summed E-state index contributed by atoms with van der Waals surface area (Å²) in [5.74, 6) is -0.250. The van der Waals surface area contributed by atoms with Crippen molar-refractivity contribution in [2.45, 2.75) is 26.3 Å². The molecule has 0 aliphatic carbocycles. The molecule has 0 unspecified atom stereocenters. The molecule has 3 heterocycles. The van der Waals surface area contributed by atoms with Crippen molar-refractivity contribution in [3.63, 3.8) is 0 Å². The predicted octanol–water partition coefficient (Wildman–Crippen LogP) is 2.46. The van der Waals surface area contributed by atoms with Crippen LogP contribution >= 0.6 is 11.3 Å². The van der Waals surface area contributed by atoms with Crippen LogP contribution in [-0.4, -0.2) is 33.6 Å². The van der Waals surface area contributed by atoms with Gasteiger partial charge in [-0.1, -0.05) is 30.4 Å². The zero-order valence-electron chi connectivity index (χ0n) is 15.4. The highest BCUT2D eigenvalue weighted by Crippen LogP contribution is 2.27. The fourth-order valence-electron chi connectivity index (χ4n) is 3.38. The number of rotatable bonds is 4. The van der Waals surface area contributed by atoms with Crippen LogP contribution in [0.1, 0.15) is 35.8 Å². The van der Waals surface area contributed by atoms with Gasteiger partial charge in [0.1, 0.15) is 11.5 Å². The first kappa shape index (κ1) is 18.5. The number of piperidine rings is 1. The maximum absolute atomic E-state index is 13.3. The first-order valence-electron chi connectivity index (χ1n) is 9.18. The summed E-state index contributed by atoms with van der Waals surface area (Å²) in [6.45, 7) is 4.14. The quantitative estimate of drug-likeness (QED) is 0.727. The molecule has 9 heteroatoms. The summed E-state index contributed by atoms with van der Waals surface area (Å²) >= 11 is 1.31. The van der Waals surface area contributed by atoms with Gasteiger partial charge in [-0.05, 0) is 36.5 Å². The Bertz CT molecular complexity index is 1080. The number of halogens is 1. The minimum absolute atomic E-state index is 0.124. The van der Waals surface area contributed by atoms with Gasteiger partial charge in [0.15, 0.2) is 0 Å². The number of fused-ring (bicyclic) bond motifs is 1. The zero-order valence-corrected chi connectivity index (χ0v) is 16.2. The van der Waals surface area contributed by atoms with Crippen LogP contribution in [0.2, 0.25) is 0 Å². The smallest absolute Gasteiger partial charge is 0.274 e. The van der Waals surface area contributed by atoms with Crippen LogP contribution in [0, 0.1) is 11.7 Å². The summed E-state index contributed by atoms with van der Waals surface area (Å²) in [4.78, 5) is 31.2. The summed E-state index contributed by atoms with van der Waals surface area (Å²) < 4.78 is 14.7. The Hall–Kier alpha value is -2.81. The molecule has 0 bridgehead atoms. The number of aromatic nitrogens is 3. The van der Waals surface area contributed by atoms with Gasteiger partial charge in [-0.25, -0.2) is 4.39 Å². The zero-order chi connectivity index (χ0) is 19.7. The van der Waals surface area contributed by atoms with Crippen LogP contribution in [0.15, 0.2) is 35.1 Å². The monoisotopic (exact) mass is 401 g/mol. The number of nitrogens with one attached hydrogen (secondary N) is 1. The summed E-state index contributed by atoms with van der Waals surface area (Å²) in [5.41, 5.74) is 0.268. The Morgan fingerprint density at radius 1 is 1.39 bits per heavy atom. The van der Waals surface area contributed by atoms with Crippen molar-refractivity contribution < 1.29 is 9.18 Å². The van der Waals surface area contributed by atoms with Gasteiger partial charge in [-0.2, -0.15) is 9.50 Å². The van der Waals surface area contributed by atoms with Crippen molar-refractivity contribution in [2.75, 3.05) is 18.0 Å². The van der Waals surface area contributed by atoms with Gasteiger partial charge in [0.25, 0.3) is 11.5 Å². The Balaban J connectivity index is 1.60. The third kappa shape index (κ3) is 3.89. The molecule has 1 aromatic carbocycles. The number of benzene rings is 1. The van der Waals surface area contributed by atoms with Crippen molar-refractivity contribution in [2.24, 2.45) is 5.92 Å². The lowest BCUT2D eigenvalue weighted by Gasteiger charge is -2.30. The fourth-order valence-corrected chi connectivity index (χ4v) is 4.32. The van der Waals surface area contributed by atoms with Gasteiger partial charge < -0.3 is 10.2 Å². The lowest BCUT2D eigenvalue weighted by Crippen LogP contribution is -2.34. The minimum Gasteiger partial charge on any atom is -0.347 e. The van der Waals surface area contributed by atoms with E-state index in [0.717, 1.165) is 24.6 Å². The second-order valence-corrected chi connectivity index (χ2v) is 8.00. The highest BCUT2D eigenvalue weighted by Gasteiger charge is 2.22. The van der Waals surface area contributed by atoms with Crippen LogP contribution in [0.4, 0.5) is 9.52 Å². The van der Waals surface area contributed by atoms with E-state index in [4.69, 9.17) is 0 Å². The number of carbonyl (C=O) groups is 1. The molecule has 1 amide bonds. The van der Waals surface area contributed by atoms with Crippen LogP contribution in [-0.2, 0) is 6.54 Å². The molecule has 1 aliphatic rings. The van der Waals surface area contributed by atoms with Crippen LogP contribution in [0.5, 0.6) is 0 Å². The predicted molar refractivity (Wildman–Crippen MR) is 105 cm³/mol. The first-order valence-corrected chi connectivity index (χ1v) is 10.00. The van der Waals surface area contributed by atoms with Crippen LogP contribution < -0.4 is 15.8 Å². The molecule has 1 saturated heterocycles. The molecule has 0 spiro atoms. The van der Waals surface area contributed by atoms with E-state index >= 15 is 0 Å². The summed E-state index contributed by atoms with van der Waals surface area (Å²) in [6, 6.07) is 7.17. The molecule has 2 aromatic heterocycles. The largest absolute Gasteiger partial charge is 0.347 e. The summed E-state index contributed by atoms with van der Waals surface area (Å²) in [7, 11) is 0. The summed E-state index contributed by atoms with van der Waals surface area (Å²) in [6.07, 6.45) is 2.27. The Morgan fingerprint density at radius 3 is 3.04 bits per heavy atom. The number of amides is 1. The van der Waals surface area contributed by atoms with Crippen molar-refractivity contribution in [1.29, 1.82) is 0 Å². The van der Waals surface area contributed by atoms with Gasteiger partial charge in [-0.3, -0.25) is 9.59 Å². The molecule has 0 saturated carbocycles. The maximum Gasteiger partial charge on any atom is 0.274 e. The van der Waals surface area contributed by atoms with Gasteiger partial charge in [0.05, 0.1) is 0 Å². The Labute approximate surface area is 164 Å². The third-order valence-corrected chi connectivity index (χ3v) is 5.72. The molecule has 7 nitrogen and oxygen atoms in total. The van der Waals surface area contributed by atoms with Gasteiger partial charge in [0.2, 0.25) is 10.1 Å². The van der Waals surface area contributed by atoms with Crippen molar-refractivity contribution in [3.05, 3.63) is 57.8 Å². The van der Waals surface area contributed by atoms with Crippen molar-refractivity contribution >= 4 is 27.3 Å². The highest BCUT2D eigenvalue weighted by atomic mass is 32.1. The van der Waals surface area contributed by atoms with E-state index < -0.39 is 11.5 Å². The number of nitrogens with zero attached hydrogens (tertiary/aromatic N) is 4. The SMILES string of the molecule is C[C@@H]1CCCN(c2nn3c(C(=O)NCc4cccc(F)c4)cc(=O)nc3s2)C1. The molecule has 1 N–H and O–H groups in total. The van der Waals surface area contributed by atoms with Gasteiger partial charge >= 0.3 is 0 Å². The molecule has 28 heavy (non-hydrogen) atoms. The van der Waals surface area contributed by atoms with Crippen LogP contribution in [0.25, 0.3) is 4.96 Å². The Kier molecular flexibility index (Phi) is 5.08. The number of anilines is 1. The number of carbonyl (C=O) groups excluding carboxylic acids is 1. The molecule has 3 aromatic rings. The normalized spacial score (nSPS) is 17.1. The number of hydrogen-bond donors (Lipinski definition) is 1. The summed E-state index contributed by atoms with van der Waals surface area (Å²) in [5, 5.41) is 8.01. The second kappa shape index (κ2) is 7.67. The van der Waals surface area contributed by atoms with E-state index in [1.807, 2.05) is 0 Å². The minimum atomic E-state index is -0.488. The van der Waals surface area contributed by atoms with E-state index in [0.29, 0.717) is 16.4 Å². The van der Waals surface area contributed by atoms with E-state index in [9.17, 15) is 14.0 Å². The lowest BCUT2D eigenvalue weighted by molar-refractivity contribution is 0.0943. The molecule has 4 rings (SSSR count). The third-order valence-electron chi connectivity index (χ3n) is 4.75. The standard InChI is InChI=1S/C19H20FN5O2S/c1-12-4-3-7-24(11-12)19-23-25-15(9-16(26)22-18(25)28-19)17(27)21-10-13-5-2-6-14(20)8-13/h2,5-6,8-9,12H,3-4,7,10-11H2,1H3,(H,21,27)/t12-/m1/s1. The maximum atomic E-state index is 13.3. The molecule has 1 aliphatic heterocycles. The van der Waals surface area contributed by atoms with Gasteiger partial charge in [-0.15, -0.1) is 5.10 Å².